The molecule has 2 saturated carbocycles. The van der Waals surface area contributed by atoms with Gasteiger partial charge >= 0.3 is 6.03 Å². The van der Waals surface area contributed by atoms with Gasteiger partial charge in [-0.2, -0.15) is 5.26 Å². The Morgan fingerprint density at radius 3 is 2.81 bits per heavy atom. The van der Waals surface area contributed by atoms with Crippen molar-refractivity contribution < 1.29 is 18.7 Å². The highest BCUT2D eigenvalue weighted by Crippen LogP contribution is 2.62. The standard InChI is InChI=1S/C28H32F2N4O2/c29-25-6-5-22(15-26(25)30)32-27(36)34(11-2-10-33-12-8-24(35)18-33)23-7-9-28(16-21(28)14-23)20-4-1-3-19(13-20)17-31/h1,3-6,13,15,21,23-24,35H,2,7-12,14,16,18H2,(H,32,36)/t21?,23-,24-,28+/m1/s1. The van der Waals surface area contributed by atoms with Crippen molar-refractivity contribution in [2.24, 2.45) is 5.92 Å². The van der Waals surface area contributed by atoms with Crippen molar-refractivity contribution in [3.63, 3.8) is 0 Å². The first-order valence-corrected chi connectivity index (χ1v) is 12.8. The van der Waals surface area contributed by atoms with E-state index in [-0.39, 0.29) is 29.3 Å². The lowest BCUT2D eigenvalue weighted by molar-refractivity contribution is 0.151. The van der Waals surface area contributed by atoms with E-state index in [2.05, 4.69) is 22.4 Å². The van der Waals surface area contributed by atoms with E-state index >= 15 is 0 Å². The number of rotatable bonds is 7. The minimum atomic E-state index is -0.994. The number of benzene rings is 2. The van der Waals surface area contributed by atoms with Gasteiger partial charge < -0.3 is 20.2 Å². The Balaban J connectivity index is 1.27. The lowest BCUT2D eigenvalue weighted by Crippen LogP contribution is -2.46. The number of nitriles is 1. The molecule has 3 aliphatic rings. The number of carbonyl (C=O) groups is 1. The summed E-state index contributed by atoms with van der Waals surface area (Å²) in [5.74, 6) is -1.49. The minimum Gasteiger partial charge on any atom is -0.392 e. The van der Waals surface area contributed by atoms with Crippen molar-refractivity contribution in [2.75, 3.05) is 31.5 Å². The van der Waals surface area contributed by atoms with Crippen LogP contribution in [-0.4, -0.2) is 59.3 Å². The number of halogens is 2. The highest BCUT2D eigenvalue weighted by molar-refractivity contribution is 5.89. The summed E-state index contributed by atoms with van der Waals surface area (Å²) in [6, 6.07) is 13.3. The molecular weight excluding hydrogens is 462 g/mol. The van der Waals surface area contributed by atoms with Gasteiger partial charge in [-0.25, -0.2) is 13.6 Å². The van der Waals surface area contributed by atoms with Crippen molar-refractivity contribution in [1.82, 2.24) is 9.80 Å². The van der Waals surface area contributed by atoms with Crippen LogP contribution < -0.4 is 5.32 Å². The maximum Gasteiger partial charge on any atom is 0.322 e. The molecule has 3 fully saturated rings. The number of fused-ring (bicyclic) bond motifs is 1. The highest BCUT2D eigenvalue weighted by atomic mass is 19.2. The van der Waals surface area contributed by atoms with Crippen LogP contribution in [0.25, 0.3) is 0 Å². The third kappa shape index (κ3) is 5.09. The van der Waals surface area contributed by atoms with Crippen LogP contribution in [0.2, 0.25) is 0 Å². The van der Waals surface area contributed by atoms with Crippen molar-refractivity contribution >= 4 is 11.7 Å². The topological polar surface area (TPSA) is 79.6 Å². The molecule has 2 aromatic rings. The number of aliphatic hydroxyl groups excluding tert-OH is 1. The fourth-order valence-corrected chi connectivity index (χ4v) is 6.24. The molecule has 5 rings (SSSR count). The maximum absolute atomic E-state index is 13.7. The quantitative estimate of drug-likeness (QED) is 0.588. The van der Waals surface area contributed by atoms with Crippen LogP contribution in [0.5, 0.6) is 0 Å². The van der Waals surface area contributed by atoms with E-state index in [1.54, 1.807) is 0 Å². The number of amides is 2. The predicted octanol–water partition coefficient (Wildman–Crippen LogP) is 4.64. The monoisotopic (exact) mass is 494 g/mol. The van der Waals surface area contributed by atoms with Gasteiger partial charge in [0, 0.05) is 37.4 Å². The molecule has 1 saturated heterocycles. The molecule has 2 N–H and O–H groups in total. The molecule has 2 aliphatic carbocycles. The Morgan fingerprint density at radius 2 is 2.08 bits per heavy atom. The van der Waals surface area contributed by atoms with Gasteiger partial charge in [0.2, 0.25) is 0 Å². The fourth-order valence-electron chi connectivity index (χ4n) is 6.24. The number of β-amino-alcohol motifs (C(OH)–C–C–N with tert-alkyl or cyclic N) is 1. The summed E-state index contributed by atoms with van der Waals surface area (Å²) in [6.07, 6.45) is 5.01. The fraction of sp³-hybridized carbons (Fsp3) is 0.500. The zero-order valence-electron chi connectivity index (χ0n) is 20.3. The summed E-state index contributed by atoms with van der Waals surface area (Å²) in [6.45, 7) is 2.87. The molecule has 0 spiro atoms. The maximum atomic E-state index is 13.7. The Bertz CT molecular complexity index is 1170. The molecule has 0 aromatic heterocycles. The van der Waals surface area contributed by atoms with Crippen molar-refractivity contribution in [1.29, 1.82) is 5.26 Å². The second-order valence-electron chi connectivity index (χ2n) is 10.5. The Morgan fingerprint density at radius 1 is 1.22 bits per heavy atom. The Labute approximate surface area is 210 Å². The van der Waals surface area contributed by atoms with Gasteiger partial charge in [-0.05, 0) is 86.2 Å². The number of anilines is 1. The van der Waals surface area contributed by atoms with Gasteiger partial charge in [-0.3, -0.25) is 0 Å². The summed E-state index contributed by atoms with van der Waals surface area (Å²) in [5.41, 5.74) is 2.22. The van der Waals surface area contributed by atoms with Crippen molar-refractivity contribution in [3.8, 4) is 6.07 Å². The second kappa shape index (κ2) is 10.2. The van der Waals surface area contributed by atoms with E-state index in [4.69, 9.17) is 0 Å². The van der Waals surface area contributed by atoms with Gasteiger partial charge in [0.15, 0.2) is 11.6 Å². The van der Waals surface area contributed by atoms with Crippen LogP contribution in [0.15, 0.2) is 42.5 Å². The molecule has 1 unspecified atom stereocenters. The first-order valence-electron chi connectivity index (χ1n) is 12.8. The number of nitrogens with zero attached hydrogens (tertiary/aromatic N) is 3. The van der Waals surface area contributed by atoms with Gasteiger partial charge in [-0.15, -0.1) is 0 Å². The zero-order chi connectivity index (χ0) is 25.3. The predicted molar refractivity (Wildman–Crippen MR) is 132 cm³/mol. The molecule has 8 heteroatoms. The first-order chi connectivity index (χ1) is 17.4. The molecule has 36 heavy (non-hydrogen) atoms. The third-order valence-electron chi connectivity index (χ3n) is 8.27. The molecule has 190 valence electrons. The largest absolute Gasteiger partial charge is 0.392 e. The van der Waals surface area contributed by atoms with Gasteiger partial charge in [-0.1, -0.05) is 12.1 Å². The van der Waals surface area contributed by atoms with Crippen molar-refractivity contribution in [2.45, 2.75) is 56.1 Å². The van der Waals surface area contributed by atoms with Gasteiger partial charge in [0.05, 0.1) is 17.7 Å². The van der Waals surface area contributed by atoms with Crippen molar-refractivity contribution in [3.05, 3.63) is 65.2 Å². The molecule has 2 aromatic carbocycles. The normalized spacial score (nSPS) is 27.2. The number of carbonyl (C=O) groups excluding carboxylic acids is 1. The summed E-state index contributed by atoms with van der Waals surface area (Å²) < 4.78 is 27.1. The molecule has 2 amide bonds. The number of aliphatic hydroxyl groups is 1. The van der Waals surface area contributed by atoms with Gasteiger partial charge in [0.25, 0.3) is 0 Å². The lowest BCUT2D eigenvalue weighted by atomic mass is 9.80. The SMILES string of the molecule is N#Cc1cccc([C@@]23CC[C@@H](N(CCCN4CC[C@@H](O)C4)C(=O)Nc4ccc(F)c(F)c4)CC2C3)c1. The van der Waals surface area contributed by atoms with Gasteiger partial charge in [0.1, 0.15) is 0 Å². The average Bonchev–Trinajstić information content (AvgIpc) is 3.48. The summed E-state index contributed by atoms with van der Waals surface area (Å²) in [4.78, 5) is 17.4. The molecule has 1 aliphatic heterocycles. The number of nitrogens with one attached hydrogen (secondary N) is 1. The van der Waals surface area contributed by atoms with Crippen LogP contribution in [-0.2, 0) is 5.41 Å². The highest BCUT2D eigenvalue weighted by Gasteiger charge is 2.58. The summed E-state index contributed by atoms with van der Waals surface area (Å²) in [7, 11) is 0. The van der Waals surface area contributed by atoms with E-state index in [1.807, 2.05) is 23.1 Å². The number of hydrogen-bond donors (Lipinski definition) is 2. The molecule has 1 heterocycles. The van der Waals surface area contributed by atoms with Crippen LogP contribution in [0.1, 0.15) is 49.7 Å². The van der Waals surface area contributed by atoms with Crippen LogP contribution in [0.3, 0.4) is 0 Å². The Kier molecular flexibility index (Phi) is 6.96. The number of hydrogen-bond acceptors (Lipinski definition) is 4. The Hall–Kier alpha value is -3.02. The van der Waals surface area contributed by atoms with Crippen LogP contribution in [0, 0.1) is 28.9 Å². The minimum absolute atomic E-state index is 0.0549. The molecule has 0 bridgehead atoms. The molecule has 4 atom stereocenters. The van der Waals surface area contributed by atoms with E-state index in [0.29, 0.717) is 24.6 Å². The molecule has 6 nitrogen and oxygen atoms in total. The van der Waals surface area contributed by atoms with E-state index in [0.717, 1.165) is 63.7 Å². The molecular formula is C28H32F2N4O2. The van der Waals surface area contributed by atoms with Crippen LogP contribution >= 0.6 is 0 Å². The third-order valence-corrected chi connectivity index (χ3v) is 8.27. The van der Waals surface area contributed by atoms with E-state index in [9.17, 15) is 23.9 Å². The van der Waals surface area contributed by atoms with E-state index < -0.39 is 11.6 Å². The average molecular weight is 495 g/mol. The summed E-state index contributed by atoms with van der Waals surface area (Å²) >= 11 is 0. The number of urea groups is 1. The second-order valence-corrected chi connectivity index (χ2v) is 10.5. The molecule has 0 radical (unpaired) electrons. The number of likely N-dealkylation sites (tertiary alicyclic amines) is 1. The smallest absolute Gasteiger partial charge is 0.322 e. The first kappa shape index (κ1) is 24.7. The zero-order valence-corrected chi connectivity index (χ0v) is 20.3. The summed E-state index contributed by atoms with van der Waals surface area (Å²) in [5, 5.41) is 21.9. The van der Waals surface area contributed by atoms with Crippen LogP contribution in [0.4, 0.5) is 19.3 Å². The van der Waals surface area contributed by atoms with E-state index in [1.165, 1.54) is 11.6 Å². The lowest BCUT2D eigenvalue weighted by Gasteiger charge is -2.37.